The van der Waals surface area contributed by atoms with Crippen LogP contribution >= 0.6 is 0 Å². The molecule has 0 heterocycles. The molecule has 1 atom stereocenters. The van der Waals surface area contributed by atoms with Crippen LogP contribution in [0.25, 0.3) is 0 Å². The van der Waals surface area contributed by atoms with Gasteiger partial charge in [0, 0.05) is 13.2 Å². The zero-order valence-electron chi connectivity index (χ0n) is 10.0. The molecule has 0 bridgehead atoms. The van der Waals surface area contributed by atoms with Crippen LogP contribution in [0, 0.1) is 0 Å². The second kappa shape index (κ2) is 6.00. The predicted octanol–water partition coefficient (Wildman–Crippen LogP) is 0.972. The SMILES string of the molecule is CCC(COC)NS(=O)(=O)c1ccccc1N. The van der Waals surface area contributed by atoms with Gasteiger partial charge in [-0.1, -0.05) is 19.1 Å². The molecule has 0 saturated carbocycles. The molecule has 5 nitrogen and oxygen atoms in total. The fraction of sp³-hybridized carbons (Fsp3) is 0.455. The van der Waals surface area contributed by atoms with Gasteiger partial charge in [0.25, 0.3) is 0 Å². The minimum atomic E-state index is -3.58. The van der Waals surface area contributed by atoms with Gasteiger partial charge in [-0.3, -0.25) is 0 Å². The Balaban J connectivity index is 2.92. The first-order valence-electron chi connectivity index (χ1n) is 5.37. The lowest BCUT2D eigenvalue weighted by atomic mass is 10.3. The first-order valence-corrected chi connectivity index (χ1v) is 6.85. The third kappa shape index (κ3) is 3.69. The van der Waals surface area contributed by atoms with Crippen molar-refractivity contribution in [2.75, 3.05) is 19.5 Å². The summed E-state index contributed by atoms with van der Waals surface area (Å²) in [6.07, 6.45) is 0.653. The van der Waals surface area contributed by atoms with E-state index < -0.39 is 10.0 Å². The van der Waals surface area contributed by atoms with Crippen molar-refractivity contribution in [1.82, 2.24) is 4.72 Å². The molecule has 0 aliphatic rings. The highest BCUT2D eigenvalue weighted by molar-refractivity contribution is 7.89. The number of nitrogens with one attached hydrogen (secondary N) is 1. The number of ether oxygens (including phenoxy) is 1. The van der Waals surface area contributed by atoms with Crippen molar-refractivity contribution < 1.29 is 13.2 Å². The van der Waals surface area contributed by atoms with Gasteiger partial charge in [-0.05, 0) is 18.6 Å². The van der Waals surface area contributed by atoms with Gasteiger partial charge in [-0.2, -0.15) is 0 Å². The van der Waals surface area contributed by atoms with Crippen LogP contribution in [0.4, 0.5) is 5.69 Å². The average molecular weight is 258 g/mol. The molecule has 96 valence electrons. The Labute approximate surface area is 102 Å². The molecule has 6 heteroatoms. The summed E-state index contributed by atoms with van der Waals surface area (Å²) in [7, 11) is -2.04. The fourth-order valence-electron chi connectivity index (χ4n) is 1.44. The van der Waals surface area contributed by atoms with E-state index in [4.69, 9.17) is 10.5 Å². The molecule has 1 aromatic rings. The van der Waals surface area contributed by atoms with E-state index in [1.54, 1.807) is 18.2 Å². The van der Waals surface area contributed by atoms with E-state index in [1.165, 1.54) is 13.2 Å². The largest absolute Gasteiger partial charge is 0.398 e. The second-order valence-corrected chi connectivity index (χ2v) is 5.40. The molecule has 0 aromatic heterocycles. The minimum Gasteiger partial charge on any atom is -0.398 e. The molecule has 0 amide bonds. The number of hydrogen-bond acceptors (Lipinski definition) is 4. The first-order chi connectivity index (χ1) is 8.01. The molecule has 0 spiro atoms. The Morgan fingerprint density at radius 3 is 2.59 bits per heavy atom. The summed E-state index contributed by atoms with van der Waals surface area (Å²) >= 11 is 0. The van der Waals surface area contributed by atoms with Crippen LogP contribution in [0.15, 0.2) is 29.2 Å². The van der Waals surface area contributed by atoms with Crippen molar-refractivity contribution in [3.05, 3.63) is 24.3 Å². The molecule has 0 radical (unpaired) electrons. The highest BCUT2D eigenvalue weighted by Gasteiger charge is 2.20. The number of methoxy groups -OCH3 is 1. The van der Waals surface area contributed by atoms with Crippen molar-refractivity contribution in [3.63, 3.8) is 0 Å². The van der Waals surface area contributed by atoms with Crippen LogP contribution in [0.2, 0.25) is 0 Å². The van der Waals surface area contributed by atoms with Gasteiger partial charge in [0.2, 0.25) is 10.0 Å². The lowest BCUT2D eigenvalue weighted by molar-refractivity contribution is 0.173. The first kappa shape index (κ1) is 14.0. The van der Waals surface area contributed by atoms with Gasteiger partial charge in [-0.25, -0.2) is 13.1 Å². The van der Waals surface area contributed by atoms with E-state index in [1.807, 2.05) is 6.92 Å². The summed E-state index contributed by atoms with van der Waals surface area (Å²) in [5, 5.41) is 0. The molecular formula is C11H18N2O3S. The standard InChI is InChI=1S/C11H18N2O3S/c1-3-9(8-16-2)13-17(14,15)11-7-5-4-6-10(11)12/h4-7,9,13H,3,8,12H2,1-2H3. The highest BCUT2D eigenvalue weighted by atomic mass is 32.2. The van der Waals surface area contributed by atoms with Crippen LogP contribution < -0.4 is 10.5 Å². The molecule has 0 aliphatic carbocycles. The average Bonchev–Trinajstić information content (AvgIpc) is 2.28. The molecule has 0 aliphatic heterocycles. The summed E-state index contributed by atoms with van der Waals surface area (Å²) in [5.74, 6) is 0. The van der Waals surface area contributed by atoms with E-state index >= 15 is 0 Å². The number of benzene rings is 1. The maximum Gasteiger partial charge on any atom is 0.242 e. The quantitative estimate of drug-likeness (QED) is 0.745. The number of sulfonamides is 1. The van der Waals surface area contributed by atoms with Crippen molar-refractivity contribution >= 4 is 15.7 Å². The van der Waals surface area contributed by atoms with E-state index in [2.05, 4.69) is 4.72 Å². The zero-order valence-corrected chi connectivity index (χ0v) is 10.8. The highest BCUT2D eigenvalue weighted by Crippen LogP contribution is 2.17. The van der Waals surface area contributed by atoms with Crippen LogP contribution in [-0.2, 0) is 14.8 Å². The van der Waals surface area contributed by atoms with Crippen LogP contribution in [0.3, 0.4) is 0 Å². The number of para-hydroxylation sites is 1. The number of rotatable bonds is 6. The van der Waals surface area contributed by atoms with Gasteiger partial charge >= 0.3 is 0 Å². The molecular weight excluding hydrogens is 240 g/mol. The molecule has 17 heavy (non-hydrogen) atoms. The number of anilines is 1. The molecule has 0 saturated heterocycles. The fourth-order valence-corrected chi connectivity index (χ4v) is 2.88. The van der Waals surface area contributed by atoms with Crippen molar-refractivity contribution in [3.8, 4) is 0 Å². The Morgan fingerprint density at radius 1 is 1.41 bits per heavy atom. The van der Waals surface area contributed by atoms with Gasteiger partial charge < -0.3 is 10.5 Å². The van der Waals surface area contributed by atoms with Crippen LogP contribution in [0.5, 0.6) is 0 Å². The summed E-state index contributed by atoms with van der Waals surface area (Å²) in [6, 6.07) is 6.14. The number of hydrogen-bond donors (Lipinski definition) is 2. The Morgan fingerprint density at radius 2 is 2.06 bits per heavy atom. The Bertz CT molecular complexity index is 460. The van der Waals surface area contributed by atoms with Gasteiger partial charge in [0.05, 0.1) is 12.3 Å². The van der Waals surface area contributed by atoms with Gasteiger partial charge in [0.15, 0.2) is 0 Å². The predicted molar refractivity (Wildman–Crippen MR) is 67.1 cm³/mol. The van der Waals surface area contributed by atoms with E-state index in [-0.39, 0.29) is 16.6 Å². The van der Waals surface area contributed by atoms with Crippen molar-refractivity contribution in [1.29, 1.82) is 0 Å². The topological polar surface area (TPSA) is 81.4 Å². The number of nitrogen functional groups attached to an aromatic ring is 1. The summed E-state index contributed by atoms with van der Waals surface area (Å²) in [4.78, 5) is 0.106. The van der Waals surface area contributed by atoms with Gasteiger partial charge in [-0.15, -0.1) is 0 Å². The van der Waals surface area contributed by atoms with E-state index in [9.17, 15) is 8.42 Å². The zero-order chi connectivity index (χ0) is 12.9. The summed E-state index contributed by atoms with van der Waals surface area (Å²) in [6.45, 7) is 2.23. The summed E-state index contributed by atoms with van der Waals surface area (Å²) in [5.41, 5.74) is 5.89. The second-order valence-electron chi connectivity index (χ2n) is 3.72. The van der Waals surface area contributed by atoms with Crippen molar-refractivity contribution in [2.45, 2.75) is 24.3 Å². The maximum atomic E-state index is 12.1. The minimum absolute atomic E-state index is 0.106. The maximum absolute atomic E-state index is 12.1. The number of nitrogens with two attached hydrogens (primary N) is 1. The smallest absolute Gasteiger partial charge is 0.242 e. The van der Waals surface area contributed by atoms with Crippen LogP contribution in [0.1, 0.15) is 13.3 Å². The third-order valence-corrected chi connectivity index (χ3v) is 3.99. The monoisotopic (exact) mass is 258 g/mol. The molecule has 1 rings (SSSR count). The van der Waals surface area contributed by atoms with Crippen molar-refractivity contribution in [2.24, 2.45) is 0 Å². The lowest BCUT2D eigenvalue weighted by Crippen LogP contribution is -2.37. The van der Waals surface area contributed by atoms with E-state index in [0.29, 0.717) is 13.0 Å². The summed E-state index contributed by atoms with van der Waals surface area (Å²) < 4.78 is 31.6. The normalized spacial score (nSPS) is 13.5. The molecule has 1 aromatic carbocycles. The third-order valence-electron chi connectivity index (χ3n) is 2.39. The Kier molecular flexibility index (Phi) is 4.92. The Hall–Kier alpha value is -1.11. The molecule has 1 unspecified atom stereocenters. The van der Waals surface area contributed by atoms with Crippen LogP contribution in [-0.4, -0.2) is 28.2 Å². The molecule has 3 N–H and O–H groups in total. The lowest BCUT2D eigenvalue weighted by Gasteiger charge is -2.16. The van der Waals surface area contributed by atoms with E-state index in [0.717, 1.165) is 0 Å². The van der Waals surface area contributed by atoms with Gasteiger partial charge in [0.1, 0.15) is 4.90 Å². The molecule has 0 fully saturated rings.